The molecular formula is C12H15N3O2. The second-order valence-corrected chi connectivity index (χ2v) is 5.53. The summed E-state index contributed by atoms with van der Waals surface area (Å²) in [6, 6.07) is 0.120. The summed E-state index contributed by atoms with van der Waals surface area (Å²) < 4.78 is 0. The van der Waals surface area contributed by atoms with Crippen molar-refractivity contribution in [1.29, 1.82) is 0 Å². The van der Waals surface area contributed by atoms with Gasteiger partial charge in [0.1, 0.15) is 0 Å². The average molecular weight is 233 g/mol. The SMILES string of the molecule is O=c1[nH]ccnc1N1CC2CC3CC2C1C3O. The fraction of sp³-hybridized carbons (Fsp3) is 0.667. The minimum atomic E-state index is -0.278. The molecule has 0 aromatic carbocycles. The Morgan fingerprint density at radius 1 is 1.41 bits per heavy atom. The maximum atomic E-state index is 11.8. The molecule has 5 nitrogen and oxygen atoms in total. The van der Waals surface area contributed by atoms with E-state index in [0.29, 0.717) is 23.6 Å². The van der Waals surface area contributed by atoms with Gasteiger partial charge in [-0.25, -0.2) is 4.98 Å². The molecule has 17 heavy (non-hydrogen) atoms. The van der Waals surface area contributed by atoms with Gasteiger partial charge in [0.2, 0.25) is 0 Å². The third-order valence-corrected chi connectivity index (χ3v) is 4.81. The molecule has 0 radical (unpaired) electrons. The van der Waals surface area contributed by atoms with Crippen LogP contribution in [0.25, 0.3) is 0 Å². The highest BCUT2D eigenvalue weighted by molar-refractivity contribution is 5.42. The summed E-state index contributed by atoms with van der Waals surface area (Å²) in [6.45, 7) is 0.878. The Kier molecular flexibility index (Phi) is 1.76. The minimum Gasteiger partial charge on any atom is -0.391 e. The van der Waals surface area contributed by atoms with Crippen LogP contribution in [0.15, 0.2) is 17.2 Å². The van der Waals surface area contributed by atoms with Crippen molar-refractivity contribution in [3.8, 4) is 0 Å². The molecular weight excluding hydrogens is 218 g/mol. The molecule has 2 saturated carbocycles. The van der Waals surface area contributed by atoms with E-state index in [9.17, 15) is 9.90 Å². The van der Waals surface area contributed by atoms with Gasteiger partial charge in [-0.1, -0.05) is 0 Å². The Morgan fingerprint density at radius 2 is 2.29 bits per heavy atom. The van der Waals surface area contributed by atoms with E-state index in [1.54, 1.807) is 12.4 Å². The molecule has 2 bridgehead atoms. The molecule has 0 spiro atoms. The van der Waals surface area contributed by atoms with Crippen molar-refractivity contribution in [2.45, 2.75) is 25.0 Å². The van der Waals surface area contributed by atoms with Crippen LogP contribution in [0.3, 0.4) is 0 Å². The molecule has 3 aliphatic rings. The van der Waals surface area contributed by atoms with Crippen LogP contribution in [0.5, 0.6) is 0 Å². The van der Waals surface area contributed by atoms with E-state index in [1.165, 1.54) is 0 Å². The molecule has 2 N–H and O–H groups in total. The fourth-order valence-electron chi connectivity index (χ4n) is 4.21. The topological polar surface area (TPSA) is 69.2 Å². The van der Waals surface area contributed by atoms with Crippen LogP contribution in [-0.2, 0) is 0 Å². The van der Waals surface area contributed by atoms with Crippen molar-refractivity contribution >= 4 is 5.82 Å². The molecule has 90 valence electrons. The normalized spacial score (nSPS) is 42.4. The lowest BCUT2D eigenvalue weighted by atomic mass is 9.88. The number of aromatic amines is 1. The molecule has 1 aliphatic heterocycles. The van der Waals surface area contributed by atoms with Crippen LogP contribution in [0.2, 0.25) is 0 Å². The monoisotopic (exact) mass is 233 g/mol. The Bertz CT molecular complexity index is 512. The first kappa shape index (κ1) is 9.65. The number of aromatic nitrogens is 2. The lowest BCUT2D eigenvalue weighted by molar-refractivity contribution is 0.0965. The van der Waals surface area contributed by atoms with E-state index >= 15 is 0 Å². The van der Waals surface area contributed by atoms with E-state index in [2.05, 4.69) is 9.97 Å². The van der Waals surface area contributed by atoms with Crippen molar-refractivity contribution in [2.24, 2.45) is 17.8 Å². The molecule has 5 atom stereocenters. The van der Waals surface area contributed by atoms with Crippen LogP contribution >= 0.6 is 0 Å². The lowest BCUT2D eigenvalue weighted by Crippen LogP contribution is -2.43. The Labute approximate surface area is 98.5 Å². The van der Waals surface area contributed by atoms with E-state index in [-0.39, 0.29) is 17.7 Å². The highest BCUT2D eigenvalue weighted by Crippen LogP contribution is 2.55. The summed E-state index contributed by atoms with van der Waals surface area (Å²) >= 11 is 0. The number of rotatable bonds is 1. The van der Waals surface area contributed by atoms with Gasteiger partial charge in [0.25, 0.3) is 5.56 Å². The predicted molar refractivity (Wildman–Crippen MR) is 61.7 cm³/mol. The zero-order valence-corrected chi connectivity index (χ0v) is 9.41. The van der Waals surface area contributed by atoms with E-state index in [0.717, 1.165) is 19.4 Å². The Morgan fingerprint density at radius 3 is 3.06 bits per heavy atom. The molecule has 3 fully saturated rings. The number of anilines is 1. The first-order valence-corrected chi connectivity index (χ1v) is 6.24. The minimum absolute atomic E-state index is 0.120. The summed E-state index contributed by atoms with van der Waals surface area (Å²) in [4.78, 5) is 20.7. The molecule has 2 heterocycles. The molecule has 2 aliphatic carbocycles. The number of hydrogen-bond acceptors (Lipinski definition) is 4. The van der Waals surface area contributed by atoms with Gasteiger partial charge < -0.3 is 15.0 Å². The third kappa shape index (κ3) is 1.12. The van der Waals surface area contributed by atoms with Crippen molar-refractivity contribution in [1.82, 2.24) is 9.97 Å². The fourth-order valence-corrected chi connectivity index (χ4v) is 4.21. The van der Waals surface area contributed by atoms with Crippen LogP contribution in [0, 0.1) is 17.8 Å². The van der Waals surface area contributed by atoms with Gasteiger partial charge in [0, 0.05) is 18.9 Å². The molecule has 0 amide bonds. The number of aliphatic hydroxyl groups excluding tert-OH is 1. The molecule has 4 rings (SSSR count). The van der Waals surface area contributed by atoms with Crippen molar-refractivity contribution in [2.75, 3.05) is 11.4 Å². The molecule has 1 aromatic heterocycles. The standard InChI is InChI=1S/C12H15N3O2/c16-10-6-3-7-5-15(9(10)8(7)4-6)11-12(17)14-2-1-13-11/h1-2,6-10,16H,3-5H2,(H,14,17). The Hall–Kier alpha value is -1.36. The van der Waals surface area contributed by atoms with E-state index < -0.39 is 0 Å². The lowest BCUT2D eigenvalue weighted by Gasteiger charge is -2.28. The highest BCUT2D eigenvalue weighted by atomic mass is 16.3. The van der Waals surface area contributed by atoms with Gasteiger partial charge in [-0.2, -0.15) is 0 Å². The molecule has 1 aromatic rings. The maximum absolute atomic E-state index is 11.8. The number of nitrogens with one attached hydrogen (secondary N) is 1. The summed E-state index contributed by atoms with van der Waals surface area (Å²) in [7, 11) is 0. The van der Waals surface area contributed by atoms with Gasteiger partial charge in [-0.15, -0.1) is 0 Å². The van der Waals surface area contributed by atoms with Crippen LogP contribution < -0.4 is 10.5 Å². The summed E-state index contributed by atoms with van der Waals surface area (Å²) in [5.41, 5.74) is -0.149. The molecule has 1 saturated heterocycles. The second-order valence-electron chi connectivity index (χ2n) is 5.53. The van der Waals surface area contributed by atoms with E-state index in [4.69, 9.17) is 0 Å². The second kappa shape index (κ2) is 3.10. The van der Waals surface area contributed by atoms with Gasteiger partial charge in [0.15, 0.2) is 5.82 Å². The van der Waals surface area contributed by atoms with Crippen molar-refractivity contribution in [3.05, 3.63) is 22.7 Å². The zero-order valence-electron chi connectivity index (χ0n) is 9.41. The van der Waals surface area contributed by atoms with Crippen LogP contribution in [0.1, 0.15) is 12.8 Å². The van der Waals surface area contributed by atoms with Crippen molar-refractivity contribution in [3.63, 3.8) is 0 Å². The quantitative estimate of drug-likeness (QED) is 0.715. The first-order chi connectivity index (χ1) is 8.25. The first-order valence-electron chi connectivity index (χ1n) is 6.24. The largest absolute Gasteiger partial charge is 0.391 e. The molecule has 5 unspecified atom stereocenters. The number of H-pyrrole nitrogens is 1. The summed E-state index contributed by atoms with van der Waals surface area (Å²) in [5.74, 6) is 2.14. The van der Waals surface area contributed by atoms with Gasteiger partial charge in [-0.3, -0.25) is 4.79 Å². The predicted octanol–water partition coefficient (Wildman–Crippen LogP) is -0.0246. The zero-order chi connectivity index (χ0) is 11.6. The third-order valence-electron chi connectivity index (χ3n) is 4.81. The van der Waals surface area contributed by atoms with Crippen LogP contribution in [0.4, 0.5) is 5.82 Å². The summed E-state index contributed by atoms with van der Waals surface area (Å²) in [6.07, 6.45) is 5.11. The van der Waals surface area contributed by atoms with Gasteiger partial charge >= 0.3 is 0 Å². The number of nitrogens with zero attached hydrogens (tertiary/aromatic N) is 2. The summed E-state index contributed by atoms with van der Waals surface area (Å²) in [5, 5.41) is 10.2. The highest BCUT2D eigenvalue weighted by Gasteiger charge is 2.59. The average Bonchev–Trinajstić information content (AvgIpc) is 2.90. The maximum Gasteiger partial charge on any atom is 0.290 e. The number of aliphatic hydroxyl groups is 1. The number of fused-ring (bicyclic) bond motifs is 1. The molecule has 5 heteroatoms. The smallest absolute Gasteiger partial charge is 0.290 e. The number of hydrogen-bond donors (Lipinski definition) is 2. The van der Waals surface area contributed by atoms with E-state index in [1.807, 2.05) is 4.90 Å². The Balaban J connectivity index is 1.78. The van der Waals surface area contributed by atoms with Gasteiger partial charge in [-0.05, 0) is 30.6 Å². The van der Waals surface area contributed by atoms with Crippen molar-refractivity contribution < 1.29 is 5.11 Å². The van der Waals surface area contributed by atoms with Gasteiger partial charge in [0.05, 0.1) is 12.1 Å². The van der Waals surface area contributed by atoms with Crippen LogP contribution in [-0.4, -0.2) is 33.8 Å².